The molecule has 0 aromatic carbocycles. The second-order valence-corrected chi connectivity index (χ2v) is 9.32. The van der Waals surface area contributed by atoms with Gasteiger partial charge in [-0.1, -0.05) is 6.92 Å². The Morgan fingerprint density at radius 2 is 2.08 bits per heavy atom. The van der Waals surface area contributed by atoms with E-state index in [-0.39, 0.29) is 29.7 Å². The van der Waals surface area contributed by atoms with Crippen LogP contribution in [0.5, 0.6) is 0 Å². The van der Waals surface area contributed by atoms with Crippen LogP contribution in [0.25, 0.3) is 0 Å². The molecule has 0 bridgehead atoms. The molecule has 2 N–H and O–H groups in total. The number of nitrogens with one attached hydrogen (secondary N) is 2. The molecule has 142 valence electrons. The van der Waals surface area contributed by atoms with Crippen molar-refractivity contribution in [1.29, 1.82) is 0 Å². The number of rotatable bonds is 4. The van der Waals surface area contributed by atoms with Gasteiger partial charge in [-0.2, -0.15) is 4.31 Å². The number of H-pyrrole nitrogens is 1. The molecule has 1 aromatic heterocycles. The summed E-state index contributed by atoms with van der Waals surface area (Å²) in [5, 5.41) is 2.62. The van der Waals surface area contributed by atoms with E-state index in [1.54, 1.807) is 20.8 Å². The number of sulfonamides is 1. The first kappa shape index (κ1) is 19.7. The van der Waals surface area contributed by atoms with E-state index in [4.69, 9.17) is 4.74 Å². The van der Waals surface area contributed by atoms with Crippen molar-refractivity contribution in [1.82, 2.24) is 19.6 Å². The summed E-state index contributed by atoms with van der Waals surface area (Å²) < 4.78 is 32.7. The highest BCUT2D eigenvalue weighted by Crippen LogP contribution is 2.32. The normalized spacial score (nSPS) is 25.6. The summed E-state index contributed by atoms with van der Waals surface area (Å²) in [5.74, 6) is 0.225. The Labute approximate surface area is 149 Å². The van der Waals surface area contributed by atoms with E-state index < -0.39 is 21.7 Å². The molecule has 2 rings (SSSR count). The highest BCUT2D eigenvalue weighted by atomic mass is 32.2. The van der Waals surface area contributed by atoms with Crippen LogP contribution in [-0.4, -0.2) is 53.0 Å². The zero-order valence-corrected chi connectivity index (χ0v) is 16.3. The van der Waals surface area contributed by atoms with E-state index in [0.717, 1.165) is 6.42 Å². The average molecular weight is 372 g/mol. The maximum absolute atomic E-state index is 13.0. The van der Waals surface area contributed by atoms with Crippen molar-refractivity contribution >= 4 is 16.1 Å². The van der Waals surface area contributed by atoms with E-state index in [1.807, 2.05) is 13.8 Å². The van der Waals surface area contributed by atoms with Crippen molar-refractivity contribution < 1.29 is 17.9 Å². The Balaban J connectivity index is 2.16. The topological polar surface area (TPSA) is 104 Å². The summed E-state index contributed by atoms with van der Waals surface area (Å²) in [4.78, 5) is 18.5. The molecule has 8 nitrogen and oxygen atoms in total. The third-order valence-electron chi connectivity index (χ3n) is 4.42. The summed E-state index contributed by atoms with van der Waals surface area (Å²) in [6, 6.07) is -0.525. The van der Waals surface area contributed by atoms with Crippen LogP contribution in [0.4, 0.5) is 4.79 Å². The maximum atomic E-state index is 13.0. The minimum Gasteiger partial charge on any atom is -0.444 e. The first-order valence-electron chi connectivity index (χ1n) is 8.52. The molecule has 1 aliphatic rings. The van der Waals surface area contributed by atoms with Crippen molar-refractivity contribution in [3.05, 3.63) is 12.4 Å². The Morgan fingerprint density at radius 3 is 2.64 bits per heavy atom. The lowest BCUT2D eigenvalue weighted by molar-refractivity contribution is 0.0497. The molecule has 3 atom stereocenters. The number of hydrogen-bond acceptors (Lipinski definition) is 5. The summed E-state index contributed by atoms with van der Waals surface area (Å²) in [6.45, 7) is 9.48. The SMILES string of the molecule is CC1CCC(CNC(=O)OC(C)(C)C)N(S(=O)(=O)c2ncc[nH]2)C1C. The van der Waals surface area contributed by atoms with E-state index >= 15 is 0 Å². The molecular weight excluding hydrogens is 344 g/mol. The van der Waals surface area contributed by atoms with Gasteiger partial charge >= 0.3 is 6.09 Å². The fraction of sp³-hybridized carbons (Fsp3) is 0.750. The van der Waals surface area contributed by atoms with Crippen LogP contribution in [0.2, 0.25) is 0 Å². The highest BCUT2D eigenvalue weighted by Gasteiger charge is 2.42. The Kier molecular flexibility index (Phi) is 5.78. The fourth-order valence-corrected chi connectivity index (χ4v) is 4.85. The fourth-order valence-electron chi connectivity index (χ4n) is 3.02. The minimum atomic E-state index is -3.76. The van der Waals surface area contributed by atoms with Crippen LogP contribution in [0.3, 0.4) is 0 Å². The quantitative estimate of drug-likeness (QED) is 0.842. The number of ether oxygens (including phenoxy) is 1. The lowest BCUT2D eigenvalue weighted by Gasteiger charge is -2.42. The van der Waals surface area contributed by atoms with E-state index in [2.05, 4.69) is 15.3 Å². The molecule has 1 fully saturated rings. The number of piperidine rings is 1. The highest BCUT2D eigenvalue weighted by molar-refractivity contribution is 7.89. The smallest absolute Gasteiger partial charge is 0.407 e. The average Bonchev–Trinajstić information content (AvgIpc) is 3.01. The number of alkyl carbamates (subject to hydrolysis) is 1. The molecule has 0 radical (unpaired) electrons. The van der Waals surface area contributed by atoms with Crippen molar-refractivity contribution in [3.63, 3.8) is 0 Å². The van der Waals surface area contributed by atoms with Crippen LogP contribution < -0.4 is 5.32 Å². The zero-order valence-electron chi connectivity index (χ0n) is 15.4. The number of amides is 1. The van der Waals surface area contributed by atoms with Crippen LogP contribution in [0, 0.1) is 5.92 Å². The third kappa shape index (κ3) is 4.72. The zero-order chi connectivity index (χ0) is 18.8. The van der Waals surface area contributed by atoms with Gasteiger partial charge < -0.3 is 15.0 Å². The number of carbonyl (C=O) groups excluding carboxylic acids is 1. The minimum absolute atomic E-state index is 0.0734. The number of aromatic nitrogens is 2. The Hall–Kier alpha value is -1.61. The van der Waals surface area contributed by atoms with Crippen molar-refractivity contribution in [2.75, 3.05) is 6.54 Å². The Bertz CT molecular complexity index is 681. The van der Waals surface area contributed by atoms with Crippen LogP contribution in [0.1, 0.15) is 47.5 Å². The van der Waals surface area contributed by atoms with Crippen molar-refractivity contribution in [2.45, 2.75) is 70.3 Å². The van der Waals surface area contributed by atoms with Gasteiger partial charge in [-0.15, -0.1) is 0 Å². The molecule has 0 saturated carbocycles. The van der Waals surface area contributed by atoms with Gasteiger partial charge in [0.2, 0.25) is 5.16 Å². The predicted molar refractivity (Wildman–Crippen MR) is 93.5 cm³/mol. The number of aromatic amines is 1. The molecular formula is C16H28N4O4S. The molecule has 25 heavy (non-hydrogen) atoms. The number of imidazole rings is 1. The summed E-state index contributed by atoms with van der Waals surface area (Å²) >= 11 is 0. The van der Waals surface area contributed by atoms with Gasteiger partial charge in [-0.25, -0.2) is 18.2 Å². The molecule has 0 spiro atoms. The van der Waals surface area contributed by atoms with Crippen LogP contribution in [-0.2, 0) is 14.8 Å². The molecule has 1 amide bonds. The first-order chi connectivity index (χ1) is 11.5. The monoisotopic (exact) mass is 372 g/mol. The second kappa shape index (κ2) is 7.33. The molecule has 1 saturated heterocycles. The predicted octanol–water partition coefficient (Wildman–Crippen LogP) is 2.11. The van der Waals surface area contributed by atoms with Gasteiger partial charge in [0.25, 0.3) is 10.0 Å². The second-order valence-electron chi connectivity index (χ2n) is 7.56. The third-order valence-corrected chi connectivity index (χ3v) is 6.31. The van der Waals surface area contributed by atoms with Crippen LogP contribution >= 0.6 is 0 Å². The van der Waals surface area contributed by atoms with Gasteiger partial charge in [0, 0.05) is 31.0 Å². The lowest BCUT2D eigenvalue weighted by Crippen LogP contribution is -2.55. The number of carbonyl (C=O) groups is 1. The first-order valence-corrected chi connectivity index (χ1v) is 9.96. The molecule has 9 heteroatoms. The Morgan fingerprint density at radius 1 is 1.40 bits per heavy atom. The summed E-state index contributed by atoms with van der Waals surface area (Å²) in [7, 11) is -3.76. The van der Waals surface area contributed by atoms with Gasteiger partial charge in [-0.3, -0.25) is 0 Å². The van der Waals surface area contributed by atoms with Gasteiger partial charge in [0.05, 0.1) is 0 Å². The molecule has 0 aliphatic carbocycles. The maximum Gasteiger partial charge on any atom is 0.407 e. The molecule has 3 unspecified atom stereocenters. The number of nitrogens with zero attached hydrogens (tertiary/aromatic N) is 2. The van der Waals surface area contributed by atoms with Gasteiger partial charge in [0.1, 0.15) is 5.60 Å². The summed E-state index contributed by atoms with van der Waals surface area (Å²) in [5.41, 5.74) is -0.599. The van der Waals surface area contributed by atoms with Gasteiger partial charge in [0.15, 0.2) is 0 Å². The molecule has 1 aliphatic heterocycles. The molecule has 2 heterocycles. The van der Waals surface area contributed by atoms with Crippen molar-refractivity contribution in [3.8, 4) is 0 Å². The van der Waals surface area contributed by atoms with E-state index in [1.165, 1.54) is 16.7 Å². The standard InChI is InChI=1S/C16H28N4O4S/c1-11-6-7-13(10-19-15(21)24-16(3,4)5)20(12(11)2)25(22,23)14-17-8-9-18-14/h8-9,11-13H,6-7,10H2,1-5H3,(H,17,18)(H,19,21). The van der Waals surface area contributed by atoms with Crippen LogP contribution in [0.15, 0.2) is 17.6 Å². The molecule has 1 aromatic rings. The lowest BCUT2D eigenvalue weighted by atomic mass is 9.90. The summed E-state index contributed by atoms with van der Waals surface area (Å²) in [6.07, 6.45) is 3.92. The van der Waals surface area contributed by atoms with Crippen molar-refractivity contribution in [2.24, 2.45) is 5.92 Å². The van der Waals surface area contributed by atoms with E-state index in [0.29, 0.717) is 6.42 Å². The largest absolute Gasteiger partial charge is 0.444 e. The van der Waals surface area contributed by atoms with Gasteiger partial charge in [-0.05, 0) is 46.5 Å². The number of hydrogen-bond donors (Lipinski definition) is 2. The van der Waals surface area contributed by atoms with E-state index in [9.17, 15) is 13.2 Å².